The van der Waals surface area contributed by atoms with E-state index in [1.54, 1.807) is 12.3 Å². The summed E-state index contributed by atoms with van der Waals surface area (Å²) in [5.41, 5.74) is 6.50. The summed E-state index contributed by atoms with van der Waals surface area (Å²) in [5, 5.41) is 0. The third-order valence-corrected chi connectivity index (χ3v) is 1.61. The van der Waals surface area contributed by atoms with Crippen molar-refractivity contribution in [1.82, 2.24) is 4.98 Å². The molecule has 3 nitrogen and oxygen atoms in total. The minimum absolute atomic E-state index is 0.547. The van der Waals surface area contributed by atoms with E-state index in [0.717, 1.165) is 12.2 Å². The molecule has 1 aromatic heterocycles. The lowest BCUT2D eigenvalue weighted by molar-refractivity contribution is 1.02. The zero-order valence-corrected chi connectivity index (χ0v) is 7.20. The number of rotatable bonds is 3. The summed E-state index contributed by atoms with van der Waals surface area (Å²) in [6.45, 7) is 4.47. The second kappa shape index (κ2) is 3.76. The van der Waals surface area contributed by atoms with Crippen LogP contribution in [0.5, 0.6) is 0 Å². The molecule has 0 aliphatic carbocycles. The Kier molecular flexibility index (Phi) is 2.69. The summed E-state index contributed by atoms with van der Waals surface area (Å²) in [6, 6.07) is 3.72. The first-order chi connectivity index (χ1) is 5.74. The summed E-state index contributed by atoms with van der Waals surface area (Å²) in [6.07, 6.45) is 3.59. The van der Waals surface area contributed by atoms with Crippen molar-refractivity contribution in [2.75, 3.05) is 24.2 Å². The summed E-state index contributed by atoms with van der Waals surface area (Å²) in [7, 11) is 1.98. The molecule has 0 fully saturated rings. The first-order valence-electron chi connectivity index (χ1n) is 3.77. The van der Waals surface area contributed by atoms with Gasteiger partial charge in [-0.25, -0.2) is 4.98 Å². The van der Waals surface area contributed by atoms with Gasteiger partial charge < -0.3 is 10.6 Å². The van der Waals surface area contributed by atoms with Crippen molar-refractivity contribution in [2.45, 2.75) is 0 Å². The molecule has 0 aromatic carbocycles. The minimum Gasteiger partial charge on any atom is -0.384 e. The molecule has 1 aromatic rings. The van der Waals surface area contributed by atoms with Crippen molar-refractivity contribution in [2.24, 2.45) is 0 Å². The molecule has 0 unspecified atom stereocenters. The van der Waals surface area contributed by atoms with Gasteiger partial charge in [-0.1, -0.05) is 6.08 Å². The molecule has 1 rings (SSSR count). The summed E-state index contributed by atoms with van der Waals surface area (Å²) in [4.78, 5) is 6.03. The standard InChI is InChI=1S/C9H13N3/c1-3-6-12(2)8-4-5-9(10)11-7-8/h3-5,7H,1,6H2,2H3,(H2,10,11). The Labute approximate surface area is 72.5 Å². The van der Waals surface area contributed by atoms with Crippen molar-refractivity contribution in [1.29, 1.82) is 0 Å². The predicted molar refractivity (Wildman–Crippen MR) is 52.1 cm³/mol. The van der Waals surface area contributed by atoms with Crippen LogP contribution in [0, 0.1) is 0 Å². The number of pyridine rings is 1. The molecule has 2 N–H and O–H groups in total. The Morgan fingerprint density at radius 2 is 2.42 bits per heavy atom. The molecule has 0 amide bonds. The van der Waals surface area contributed by atoms with Crippen molar-refractivity contribution in [3.8, 4) is 0 Å². The fourth-order valence-corrected chi connectivity index (χ4v) is 0.922. The van der Waals surface area contributed by atoms with Gasteiger partial charge in [-0.3, -0.25) is 0 Å². The first kappa shape index (κ1) is 8.59. The Morgan fingerprint density at radius 3 is 2.92 bits per heavy atom. The lowest BCUT2D eigenvalue weighted by atomic mass is 10.3. The summed E-state index contributed by atoms with van der Waals surface area (Å²) < 4.78 is 0. The van der Waals surface area contributed by atoms with E-state index >= 15 is 0 Å². The maximum Gasteiger partial charge on any atom is 0.123 e. The first-order valence-corrected chi connectivity index (χ1v) is 3.77. The van der Waals surface area contributed by atoms with E-state index in [0.29, 0.717) is 5.82 Å². The molecular weight excluding hydrogens is 150 g/mol. The Bertz CT molecular complexity index is 253. The van der Waals surface area contributed by atoms with Crippen molar-refractivity contribution < 1.29 is 0 Å². The number of likely N-dealkylation sites (N-methyl/N-ethyl adjacent to an activating group) is 1. The SMILES string of the molecule is C=CCN(C)c1ccc(N)nc1. The lowest BCUT2D eigenvalue weighted by Crippen LogP contribution is -2.16. The molecule has 0 aliphatic heterocycles. The molecule has 0 aliphatic rings. The Morgan fingerprint density at radius 1 is 1.67 bits per heavy atom. The third-order valence-electron chi connectivity index (χ3n) is 1.61. The number of hydrogen-bond donors (Lipinski definition) is 1. The van der Waals surface area contributed by atoms with Gasteiger partial charge in [0.1, 0.15) is 5.82 Å². The average molecular weight is 163 g/mol. The van der Waals surface area contributed by atoms with Gasteiger partial charge in [0, 0.05) is 13.6 Å². The van der Waals surface area contributed by atoms with Gasteiger partial charge >= 0.3 is 0 Å². The summed E-state index contributed by atoms with van der Waals surface area (Å²) in [5.74, 6) is 0.547. The molecule has 0 spiro atoms. The molecule has 0 saturated heterocycles. The largest absolute Gasteiger partial charge is 0.384 e. The fraction of sp³-hybridized carbons (Fsp3) is 0.222. The van der Waals surface area contributed by atoms with Crippen LogP contribution in [0.15, 0.2) is 31.0 Å². The monoisotopic (exact) mass is 163 g/mol. The Hall–Kier alpha value is -1.51. The van der Waals surface area contributed by atoms with E-state index in [2.05, 4.69) is 11.6 Å². The summed E-state index contributed by atoms with van der Waals surface area (Å²) >= 11 is 0. The zero-order valence-electron chi connectivity index (χ0n) is 7.20. The normalized spacial score (nSPS) is 9.42. The highest BCUT2D eigenvalue weighted by atomic mass is 15.1. The van der Waals surface area contributed by atoms with Crippen LogP contribution in [0.25, 0.3) is 0 Å². The van der Waals surface area contributed by atoms with Gasteiger partial charge in [-0.05, 0) is 12.1 Å². The molecule has 12 heavy (non-hydrogen) atoms. The number of anilines is 2. The van der Waals surface area contributed by atoms with Crippen LogP contribution in [-0.2, 0) is 0 Å². The highest BCUT2D eigenvalue weighted by Gasteiger charge is 1.97. The van der Waals surface area contributed by atoms with Gasteiger partial charge in [-0.2, -0.15) is 0 Å². The van der Waals surface area contributed by atoms with E-state index < -0.39 is 0 Å². The van der Waals surface area contributed by atoms with Crippen molar-refractivity contribution in [3.63, 3.8) is 0 Å². The van der Waals surface area contributed by atoms with Crippen LogP contribution in [0.2, 0.25) is 0 Å². The van der Waals surface area contributed by atoms with Gasteiger partial charge in [0.25, 0.3) is 0 Å². The van der Waals surface area contributed by atoms with Crippen molar-refractivity contribution in [3.05, 3.63) is 31.0 Å². The minimum atomic E-state index is 0.547. The molecule has 1 heterocycles. The molecule has 0 saturated carbocycles. The van der Waals surface area contributed by atoms with Crippen LogP contribution >= 0.6 is 0 Å². The highest BCUT2D eigenvalue weighted by Crippen LogP contribution is 2.11. The number of nitrogen functional groups attached to an aromatic ring is 1. The topological polar surface area (TPSA) is 42.1 Å². The lowest BCUT2D eigenvalue weighted by Gasteiger charge is -2.16. The van der Waals surface area contributed by atoms with E-state index in [-0.39, 0.29) is 0 Å². The van der Waals surface area contributed by atoms with Gasteiger partial charge in [0.05, 0.1) is 11.9 Å². The average Bonchev–Trinajstić information content (AvgIpc) is 2.06. The second-order valence-corrected chi connectivity index (χ2v) is 2.61. The van der Waals surface area contributed by atoms with Gasteiger partial charge in [-0.15, -0.1) is 6.58 Å². The number of nitrogens with zero attached hydrogens (tertiary/aromatic N) is 2. The molecule has 0 bridgehead atoms. The second-order valence-electron chi connectivity index (χ2n) is 2.61. The van der Waals surface area contributed by atoms with Crippen molar-refractivity contribution >= 4 is 11.5 Å². The third kappa shape index (κ3) is 1.99. The smallest absolute Gasteiger partial charge is 0.123 e. The number of aromatic nitrogens is 1. The van der Waals surface area contributed by atoms with Crippen LogP contribution < -0.4 is 10.6 Å². The number of nitrogens with two attached hydrogens (primary N) is 1. The fourth-order valence-electron chi connectivity index (χ4n) is 0.922. The zero-order chi connectivity index (χ0) is 8.97. The molecule has 0 radical (unpaired) electrons. The predicted octanol–water partition coefficient (Wildman–Crippen LogP) is 1.29. The maximum atomic E-state index is 5.45. The van der Waals surface area contributed by atoms with Gasteiger partial charge in [0.2, 0.25) is 0 Å². The molecule has 64 valence electrons. The molecular formula is C9H13N3. The van der Waals surface area contributed by atoms with Crippen LogP contribution in [0.3, 0.4) is 0 Å². The Balaban J connectivity index is 2.74. The highest BCUT2D eigenvalue weighted by molar-refractivity contribution is 5.47. The molecule has 3 heteroatoms. The molecule has 0 atom stereocenters. The van der Waals surface area contributed by atoms with Gasteiger partial charge in [0.15, 0.2) is 0 Å². The number of hydrogen-bond acceptors (Lipinski definition) is 3. The van der Waals surface area contributed by atoms with Crippen LogP contribution in [0.4, 0.5) is 11.5 Å². The van der Waals surface area contributed by atoms with E-state index in [1.807, 2.05) is 24.1 Å². The van der Waals surface area contributed by atoms with E-state index in [1.165, 1.54) is 0 Å². The maximum absolute atomic E-state index is 5.45. The van der Waals surface area contributed by atoms with E-state index in [9.17, 15) is 0 Å². The van der Waals surface area contributed by atoms with Crippen LogP contribution in [-0.4, -0.2) is 18.6 Å². The van der Waals surface area contributed by atoms with Crippen LogP contribution in [0.1, 0.15) is 0 Å². The quantitative estimate of drug-likeness (QED) is 0.683. The van der Waals surface area contributed by atoms with E-state index in [4.69, 9.17) is 5.73 Å².